The van der Waals surface area contributed by atoms with Crippen LogP contribution in [0.25, 0.3) is 21.5 Å². The number of aliphatic hydroxyl groups is 2. The largest absolute Gasteiger partial charge is 0.489 e. The number of nitriles is 1. The second-order valence-corrected chi connectivity index (χ2v) is 5.59. The van der Waals surface area contributed by atoms with E-state index < -0.39 is 12.7 Å². The normalized spacial score (nSPS) is 12.0. The number of aromatic nitrogens is 4. The molecule has 122 valence electrons. The Morgan fingerprint density at radius 1 is 1.46 bits per heavy atom. The van der Waals surface area contributed by atoms with Gasteiger partial charge in [-0.15, -0.1) is 5.10 Å². The Kier molecular flexibility index (Phi) is 4.48. The van der Waals surface area contributed by atoms with Gasteiger partial charge in [0.1, 0.15) is 40.4 Å². The number of fused-ring (bicyclic) bond motifs is 1. The first-order valence-corrected chi connectivity index (χ1v) is 7.58. The molecule has 0 spiro atoms. The minimum atomic E-state index is -1.03. The molecule has 0 fully saturated rings. The van der Waals surface area contributed by atoms with Gasteiger partial charge in [0.25, 0.3) is 5.56 Å². The lowest BCUT2D eigenvalue weighted by atomic mass is 10.1. The van der Waals surface area contributed by atoms with Gasteiger partial charge in [-0.1, -0.05) is 5.21 Å². The molecule has 0 aliphatic heterocycles. The van der Waals surface area contributed by atoms with E-state index in [0.717, 1.165) is 11.5 Å². The van der Waals surface area contributed by atoms with Crippen LogP contribution in [0.4, 0.5) is 0 Å². The van der Waals surface area contributed by atoms with Crippen molar-refractivity contribution in [3.8, 4) is 23.1 Å². The lowest BCUT2D eigenvalue weighted by molar-refractivity contribution is 0.0535. The van der Waals surface area contributed by atoms with Crippen LogP contribution in [-0.4, -0.2) is 49.3 Å². The lowest BCUT2D eigenvalue weighted by Gasteiger charge is -2.11. The van der Waals surface area contributed by atoms with Crippen LogP contribution in [0.3, 0.4) is 0 Å². The SMILES string of the molecule is N#Cc1cc(-c2nsc3c(=O)[nH]nnc23)ccc1OCC(O)CO. The number of hydrogen-bond donors (Lipinski definition) is 3. The Bertz CT molecular complexity index is 977. The summed E-state index contributed by atoms with van der Waals surface area (Å²) in [4.78, 5) is 11.7. The maximum atomic E-state index is 11.7. The molecule has 0 aliphatic carbocycles. The minimum absolute atomic E-state index is 0.134. The topological polar surface area (TPSA) is 145 Å². The van der Waals surface area contributed by atoms with Gasteiger partial charge in [0, 0.05) is 5.56 Å². The number of nitrogens with one attached hydrogen (secondary N) is 1. The molecule has 9 nitrogen and oxygen atoms in total. The number of rotatable bonds is 5. The zero-order chi connectivity index (χ0) is 17.1. The van der Waals surface area contributed by atoms with Crippen molar-refractivity contribution >= 4 is 21.7 Å². The molecule has 3 N–H and O–H groups in total. The molecule has 24 heavy (non-hydrogen) atoms. The zero-order valence-corrected chi connectivity index (χ0v) is 12.9. The van der Waals surface area contributed by atoms with Crippen molar-refractivity contribution < 1.29 is 14.9 Å². The first kappa shape index (κ1) is 16.0. The van der Waals surface area contributed by atoms with Crippen LogP contribution in [-0.2, 0) is 0 Å². The Labute approximate surface area is 138 Å². The Morgan fingerprint density at radius 3 is 3.04 bits per heavy atom. The van der Waals surface area contributed by atoms with Crippen LogP contribution in [0.2, 0.25) is 0 Å². The maximum Gasteiger partial charge on any atom is 0.286 e. The minimum Gasteiger partial charge on any atom is -0.489 e. The summed E-state index contributed by atoms with van der Waals surface area (Å²) in [7, 11) is 0. The van der Waals surface area contributed by atoms with E-state index in [2.05, 4.69) is 19.8 Å². The molecule has 10 heteroatoms. The molecule has 3 aromatic rings. The quantitative estimate of drug-likeness (QED) is 0.588. The summed E-state index contributed by atoms with van der Waals surface area (Å²) >= 11 is 0.999. The third-order valence-corrected chi connectivity index (χ3v) is 4.03. The average molecular weight is 345 g/mol. The second-order valence-electron chi connectivity index (χ2n) is 4.82. The molecule has 1 unspecified atom stereocenters. The van der Waals surface area contributed by atoms with E-state index in [1.165, 1.54) is 0 Å². The van der Waals surface area contributed by atoms with E-state index in [1.807, 2.05) is 6.07 Å². The van der Waals surface area contributed by atoms with E-state index in [0.29, 0.717) is 21.5 Å². The van der Waals surface area contributed by atoms with Crippen LogP contribution in [0, 0.1) is 11.3 Å². The van der Waals surface area contributed by atoms with Crippen LogP contribution < -0.4 is 10.3 Å². The third kappa shape index (κ3) is 2.95. The van der Waals surface area contributed by atoms with Gasteiger partial charge in [0.05, 0.1) is 12.2 Å². The van der Waals surface area contributed by atoms with Crippen LogP contribution in [0.1, 0.15) is 5.56 Å². The number of benzene rings is 1. The highest BCUT2D eigenvalue weighted by Crippen LogP contribution is 2.30. The molecule has 1 aromatic carbocycles. The zero-order valence-electron chi connectivity index (χ0n) is 12.1. The molecule has 0 saturated carbocycles. The van der Waals surface area contributed by atoms with E-state index in [1.54, 1.807) is 18.2 Å². The van der Waals surface area contributed by atoms with E-state index in [4.69, 9.17) is 9.84 Å². The Balaban J connectivity index is 1.99. The van der Waals surface area contributed by atoms with E-state index >= 15 is 0 Å². The summed E-state index contributed by atoms with van der Waals surface area (Å²) in [5.41, 5.74) is 1.26. The standard InChI is InChI=1S/C14H11N5O4S/c15-4-8-3-7(1-2-10(8)23-6-9(21)5-20)11-12-13(24-18-11)14(22)17-19-16-12/h1-3,9,20-21H,5-6H2,(H,16,17,22). The average Bonchev–Trinajstić information content (AvgIpc) is 3.05. The van der Waals surface area contributed by atoms with Crippen molar-refractivity contribution in [2.45, 2.75) is 6.10 Å². The first-order chi connectivity index (χ1) is 11.6. The van der Waals surface area contributed by atoms with E-state index in [9.17, 15) is 15.2 Å². The fourth-order valence-electron chi connectivity index (χ4n) is 2.02. The molecule has 0 amide bonds. The number of aromatic amines is 1. The van der Waals surface area contributed by atoms with Gasteiger partial charge in [-0.3, -0.25) is 4.79 Å². The highest BCUT2D eigenvalue weighted by atomic mass is 32.1. The van der Waals surface area contributed by atoms with Crippen LogP contribution in [0.15, 0.2) is 23.0 Å². The highest BCUT2D eigenvalue weighted by molar-refractivity contribution is 7.13. The van der Waals surface area contributed by atoms with Gasteiger partial charge in [-0.2, -0.15) is 9.64 Å². The van der Waals surface area contributed by atoms with Crippen molar-refractivity contribution in [3.05, 3.63) is 34.1 Å². The summed E-state index contributed by atoms with van der Waals surface area (Å²) in [5.74, 6) is 0.275. The van der Waals surface area contributed by atoms with Gasteiger partial charge in [-0.05, 0) is 29.7 Å². The smallest absolute Gasteiger partial charge is 0.286 e. The molecule has 2 aromatic heterocycles. The molecule has 0 aliphatic rings. The van der Waals surface area contributed by atoms with Crippen molar-refractivity contribution in [1.29, 1.82) is 5.26 Å². The number of hydrogen-bond acceptors (Lipinski definition) is 9. The second kappa shape index (κ2) is 6.71. The first-order valence-electron chi connectivity index (χ1n) is 6.81. The highest BCUT2D eigenvalue weighted by Gasteiger charge is 2.15. The van der Waals surface area contributed by atoms with E-state index in [-0.39, 0.29) is 23.5 Å². The molecule has 0 bridgehead atoms. The molecular formula is C14H11N5O4S. The molecule has 2 heterocycles. The van der Waals surface area contributed by atoms with Gasteiger partial charge >= 0.3 is 0 Å². The molecule has 0 saturated heterocycles. The van der Waals surface area contributed by atoms with Gasteiger partial charge in [-0.25, -0.2) is 5.10 Å². The number of H-pyrrole nitrogens is 1. The van der Waals surface area contributed by atoms with Crippen LogP contribution in [0.5, 0.6) is 5.75 Å². The number of nitrogens with zero attached hydrogens (tertiary/aromatic N) is 4. The summed E-state index contributed by atoms with van der Waals surface area (Å²) in [6.45, 7) is -0.566. The van der Waals surface area contributed by atoms with Gasteiger partial charge in [0.2, 0.25) is 0 Å². The number of aliphatic hydroxyl groups excluding tert-OH is 2. The van der Waals surface area contributed by atoms with Crippen LogP contribution >= 0.6 is 11.5 Å². The fraction of sp³-hybridized carbons (Fsp3) is 0.214. The Hall–Kier alpha value is -2.87. The van der Waals surface area contributed by atoms with Crippen molar-refractivity contribution in [2.75, 3.05) is 13.2 Å². The summed E-state index contributed by atoms with van der Waals surface area (Å²) in [6, 6.07) is 6.78. The fourth-order valence-corrected chi connectivity index (χ4v) is 2.74. The lowest BCUT2D eigenvalue weighted by Crippen LogP contribution is -2.21. The van der Waals surface area contributed by atoms with Crippen molar-refractivity contribution in [1.82, 2.24) is 19.8 Å². The molecule has 3 rings (SSSR count). The Morgan fingerprint density at radius 2 is 2.29 bits per heavy atom. The molecular weight excluding hydrogens is 334 g/mol. The predicted octanol–water partition coefficient (Wildman–Crippen LogP) is 0.0453. The predicted molar refractivity (Wildman–Crippen MR) is 84.6 cm³/mol. The summed E-state index contributed by atoms with van der Waals surface area (Å²) in [6.07, 6.45) is -1.03. The van der Waals surface area contributed by atoms with Crippen molar-refractivity contribution in [2.24, 2.45) is 0 Å². The summed E-state index contributed by atoms with van der Waals surface area (Å²) < 4.78 is 9.89. The summed E-state index contributed by atoms with van der Waals surface area (Å²) in [5, 5.41) is 37.0. The molecule has 1 atom stereocenters. The number of ether oxygens (including phenoxy) is 1. The third-order valence-electron chi connectivity index (χ3n) is 3.19. The monoisotopic (exact) mass is 345 g/mol. The maximum absolute atomic E-state index is 11.7. The van der Waals surface area contributed by atoms with Gasteiger partial charge in [0.15, 0.2) is 0 Å². The van der Waals surface area contributed by atoms with Crippen molar-refractivity contribution in [3.63, 3.8) is 0 Å². The van der Waals surface area contributed by atoms with Gasteiger partial charge < -0.3 is 14.9 Å². The molecule has 0 radical (unpaired) electrons.